The van der Waals surface area contributed by atoms with Crippen molar-refractivity contribution in [3.05, 3.63) is 82.9 Å². The zero-order valence-electron chi connectivity index (χ0n) is 27.1. The van der Waals surface area contributed by atoms with Crippen LogP contribution in [0.1, 0.15) is 62.8 Å². The first-order chi connectivity index (χ1) is 21.3. The first-order valence-electron chi connectivity index (χ1n) is 15.1. The van der Waals surface area contributed by atoms with Crippen LogP contribution in [0.4, 0.5) is 0 Å². The maximum atomic E-state index is 6.10. The summed E-state index contributed by atoms with van der Waals surface area (Å²) in [4.78, 5) is 0. The molecule has 0 N–H and O–H groups in total. The molecule has 0 saturated heterocycles. The quantitative estimate of drug-likeness (QED) is 0.135. The van der Waals surface area contributed by atoms with E-state index in [0.717, 1.165) is 45.9 Å². The molecular formula is C38H44O6. The normalized spacial score (nSPS) is 12.8. The Morgan fingerprint density at radius 1 is 0.523 bits per heavy atom. The molecule has 4 rings (SSSR count). The highest BCUT2D eigenvalue weighted by atomic mass is 16.5. The number of hydrogen-bond donors (Lipinski definition) is 0. The van der Waals surface area contributed by atoms with Crippen LogP contribution in [0.5, 0.6) is 34.5 Å². The number of fused-ring (bicyclic) bond motifs is 1. The molecule has 0 aliphatic heterocycles. The van der Waals surface area contributed by atoms with Gasteiger partial charge < -0.3 is 28.4 Å². The van der Waals surface area contributed by atoms with E-state index in [-0.39, 0.29) is 12.2 Å². The monoisotopic (exact) mass is 596 g/mol. The third kappa shape index (κ3) is 7.49. The summed E-state index contributed by atoms with van der Waals surface area (Å²) >= 11 is 0. The average molecular weight is 597 g/mol. The van der Waals surface area contributed by atoms with Gasteiger partial charge in [-0.25, -0.2) is 0 Å². The summed E-state index contributed by atoms with van der Waals surface area (Å²) < 4.78 is 34.9. The predicted octanol–water partition coefficient (Wildman–Crippen LogP) is 9.57. The summed E-state index contributed by atoms with van der Waals surface area (Å²) in [5.74, 6) is 3.81. The second-order valence-electron chi connectivity index (χ2n) is 10.6. The summed E-state index contributed by atoms with van der Waals surface area (Å²) in [7, 11) is 6.58. The van der Waals surface area contributed by atoms with E-state index in [4.69, 9.17) is 28.4 Å². The topological polar surface area (TPSA) is 55.4 Å². The van der Waals surface area contributed by atoms with Gasteiger partial charge in [-0.2, -0.15) is 0 Å². The molecule has 232 valence electrons. The Morgan fingerprint density at radius 3 is 1.16 bits per heavy atom. The van der Waals surface area contributed by atoms with Crippen molar-refractivity contribution in [2.75, 3.05) is 28.4 Å². The van der Waals surface area contributed by atoms with E-state index < -0.39 is 0 Å². The molecule has 0 aliphatic carbocycles. The van der Waals surface area contributed by atoms with Crippen LogP contribution in [0.3, 0.4) is 0 Å². The van der Waals surface area contributed by atoms with Gasteiger partial charge in [-0.15, -0.1) is 0 Å². The molecule has 0 bridgehead atoms. The first kappa shape index (κ1) is 32.3. The van der Waals surface area contributed by atoms with Crippen molar-refractivity contribution in [1.82, 2.24) is 0 Å². The SMILES string of the molecule is CCC(C)Oc1c(OC)cc(C=Cc2ccc(C=Cc3cc(OC)c(OC(C)CC)c(OC)c3)c3ccccc23)cc1OC. The fraction of sp³-hybridized carbons (Fsp3) is 0.316. The van der Waals surface area contributed by atoms with Crippen LogP contribution >= 0.6 is 0 Å². The lowest BCUT2D eigenvalue weighted by atomic mass is 9.98. The first-order valence-corrected chi connectivity index (χ1v) is 15.1. The maximum Gasteiger partial charge on any atom is 0.203 e. The van der Waals surface area contributed by atoms with Crippen LogP contribution in [0.15, 0.2) is 60.7 Å². The smallest absolute Gasteiger partial charge is 0.203 e. The molecule has 0 aliphatic rings. The van der Waals surface area contributed by atoms with E-state index >= 15 is 0 Å². The molecule has 0 aromatic heterocycles. The Kier molecular flexibility index (Phi) is 11.2. The summed E-state index contributed by atoms with van der Waals surface area (Å²) in [5, 5.41) is 2.29. The minimum Gasteiger partial charge on any atom is -0.493 e. The Labute approximate surface area is 261 Å². The number of rotatable bonds is 14. The van der Waals surface area contributed by atoms with Crippen LogP contribution in [0, 0.1) is 0 Å². The third-order valence-electron chi connectivity index (χ3n) is 7.66. The van der Waals surface area contributed by atoms with Crippen molar-refractivity contribution in [3.8, 4) is 34.5 Å². The van der Waals surface area contributed by atoms with Crippen molar-refractivity contribution in [1.29, 1.82) is 0 Å². The Morgan fingerprint density at radius 2 is 0.864 bits per heavy atom. The van der Waals surface area contributed by atoms with E-state index in [9.17, 15) is 0 Å². The minimum absolute atomic E-state index is 0.0465. The van der Waals surface area contributed by atoms with Gasteiger partial charge in [0.1, 0.15) is 0 Å². The van der Waals surface area contributed by atoms with Crippen LogP contribution in [0.2, 0.25) is 0 Å². The molecule has 0 spiro atoms. The summed E-state index contributed by atoms with van der Waals surface area (Å²) in [6.45, 7) is 8.23. The second-order valence-corrected chi connectivity index (χ2v) is 10.6. The van der Waals surface area contributed by atoms with E-state index in [1.54, 1.807) is 28.4 Å². The van der Waals surface area contributed by atoms with Crippen LogP contribution in [-0.4, -0.2) is 40.6 Å². The van der Waals surface area contributed by atoms with Gasteiger partial charge in [0.15, 0.2) is 23.0 Å². The molecule has 0 saturated carbocycles. The molecule has 0 fully saturated rings. The number of methoxy groups -OCH3 is 4. The molecule has 0 heterocycles. The van der Waals surface area contributed by atoms with Gasteiger partial charge in [-0.05, 0) is 84.0 Å². The highest BCUT2D eigenvalue weighted by Gasteiger charge is 2.17. The van der Waals surface area contributed by atoms with E-state index in [0.29, 0.717) is 34.5 Å². The molecule has 44 heavy (non-hydrogen) atoms. The minimum atomic E-state index is 0.0465. The number of benzene rings is 4. The molecule has 4 aromatic carbocycles. The van der Waals surface area contributed by atoms with Gasteiger partial charge >= 0.3 is 0 Å². The second kappa shape index (κ2) is 15.2. The van der Waals surface area contributed by atoms with Crippen LogP contribution < -0.4 is 28.4 Å². The highest BCUT2D eigenvalue weighted by molar-refractivity contribution is 5.99. The van der Waals surface area contributed by atoms with Crippen molar-refractivity contribution < 1.29 is 28.4 Å². The van der Waals surface area contributed by atoms with Crippen LogP contribution in [0.25, 0.3) is 35.1 Å². The van der Waals surface area contributed by atoms with Gasteiger partial charge in [0.05, 0.1) is 40.6 Å². The fourth-order valence-corrected chi connectivity index (χ4v) is 4.80. The lowest BCUT2D eigenvalue weighted by molar-refractivity contribution is 0.198. The summed E-state index contributed by atoms with van der Waals surface area (Å²) in [6, 6.07) is 20.6. The van der Waals surface area contributed by atoms with Crippen LogP contribution in [-0.2, 0) is 0 Å². The summed E-state index contributed by atoms with van der Waals surface area (Å²) in [5.41, 5.74) is 4.11. The molecule has 6 heteroatoms. The molecular weight excluding hydrogens is 552 g/mol. The molecule has 0 amide bonds. The Hall–Kier alpha value is -4.58. The molecule has 6 nitrogen and oxygen atoms in total. The highest BCUT2D eigenvalue weighted by Crippen LogP contribution is 2.41. The lowest BCUT2D eigenvalue weighted by Gasteiger charge is -2.19. The summed E-state index contributed by atoms with van der Waals surface area (Å²) in [6.07, 6.45) is 10.2. The predicted molar refractivity (Wildman–Crippen MR) is 182 cm³/mol. The average Bonchev–Trinajstić information content (AvgIpc) is 3.06. The van der Waals surface area contributed by atoms with Crippen molar-refractivity contribution in [3.63, 3.8) is 0 Å². The number of ether oxygens (including phenoxy) is 6. The van der Waals surface area contributed by atoms with Gasteiger partial charge in [0.2, 0.25) is 11.5 Å². The van der Waals surface area contributed by atoms with Crippen molar-refractivity contribution >= 4 is 35.1 Å². The molecule has 0 radical (unpaired) electrons. The zero-order chi connectivity index (χ0) is 31.6. The van der Waals surface area contributed by atoms with E-state index in [1.165, 1.54) is 0 Å². The van der Waals surface area contributed by atoms with Crippen molar-refractivity contribution in [2.24, 2.45) is 0 Å². The number of hydrogen-bond acceptors (Lipinski definition) is 6. The van der Waals surface area contributed by atoms with Gasteiger partial charge in [0.25, 0.3) is 0 Å². The van der Waals surface area contributed by atoms with Gasteiger partial charge in [0, 0.05) is 0 Å². The maximum absolute atomic E-state index is 6.10. The third-order valence-corrected chi connectivity index (χ3v) is 7.66. The van der Waals surface area contributed by atoms with Crippen molar-refractivity contribution in [2.45, 2.75) is 52.7 Å². The molecule has 4 aromatic rings. The fourth-order valence-electron chi connectivity index (χ4n) is 4.80. The Balaban J connectivity index is 1.67. The Bertz CT molecular complexity index is 1450. The zero-order valence-corrected chi connectivity index (χ0v) is 27.1. The lowest BCUT2D eigenvalue weighted by Crippen LogP contribution is -2.11. The molecule has 2 unspecified atom stereocenters. The molecule has 2 atom stereocenters. The largest absolute Gasteiger partial charge is 0.493 e. The van der Waals surface area contributed by atoms with E-state index in [2.05, 4.69) is 74.5 Å². The van der Waals surface area contributed by atoms with Gasteiger partial charge in [-0.3, -0.25) is 0 Å². The standard InChI is InChI=1S/C38H44O6/c1-9-25(3)43-37-33(39-5)21-27(22-34(37)40-6)15-17-29-19-20-30(32-14-12-11-13-31(29)32)18-16-28-23-35(41-7)38(36(24-28)42-8)44-26(4)10-2/h11-26H,9-10H2,1-8H3. The van der Waals surface area contributed by atoms with Gasteiger partial charge in [-0.1, -0.05) is 74.5 Å². The van der Waals surface area contributed by atoms with E-state index in [1.807, 2.05) is 38.1 Å².